The van der Waals surface area contributed by atoms with Crippen LogP contribution in [0.4, 0.5) is 0 Å². The average molecular weight is 253 g/mol. The van der Waals surface area contributed by atoms with Crippen molar-refractivity contribution in [3.8, 4) is 11.5 Å². The zero-order valence-electron chi connectivity index (χ0n) is 9.88. The number of carbonyl (C=O) groups excluding carboxylic acids is 1. The molecule has 5 N–H and O–H groups in total. The van der Waals surface area contributed by atoms with Gasteiger partial charge in [0, 0.05) is 13.0 Å². The van der Waals surface area contributed by atoms with Crippen LogP contribution in [0, 0.1) is 0 Å². The Kier molecular flexibility index (Phi) is 4.79. The Balaban J connectivity index is 2.66. The van der Waals surface area contributed by atoms with Gasteiger partial charge in [0.2, 0.25) is 0 Å². The topological polar surface area (TPSA) is 117 Å². The van der Waals surface area contributed by atoms with E-state index in [1.807, 2.05) is 0 Å². The minimum absolute atomic E-state index is 0.0187. The van der Waals surface area contributed by atoms with E-state index in [0.717, 1.165) is 0 Å². The monoisotopic (exact) mass is 253 g/mol. The maximum Gasteiger partial charge on any atom is 0.255 e. The molecule has 98 valence electrons. The Morgan fingerprint density at radius 1 is 1.56 bits per heavy atom. The van der Waals surface area contributed by atoms with Crippen LogP contribution >= 0.6 is 0 Å². The second-order valence-corrected chi connectivity index (χ2v) is 3.48. The maximum atomic E-state index is 11.7. The molecule has 0 bridgehead atoms. The third-order valence-corrected chi connectivity index (χ3v) is 2.24. The molecule has 7 heteroatoms. The molecule has 1 aromatic carbocycles. The molecule has 1 amide bonds. The van der Waals surface area contributed by atoms with E-state index in [4.69, 9.17) is 15.7 Å². The highest BCUT2D eigenvalue weighted by Crippen LogP contribution is 2.22. The highest BCUT2D eigenvalue weighted by Gasteiger charge is 2.11. The number of oxime groups is 1. The van der Waals surface area contributed by atoms with Crippen LogP contribution in [-0.2, 0) is 0 Å². The third-order valence-electron chi connectivity index (χ3n) is 2.24. The van der Waals surface area contributed by atoms with Crippen LogP contribution in [0.15, 0.2) is 23.4 Å². The molecule has 0 radical (unpaired) electrons. The van der Waals surface area contributed by atoms with E-state index < -0.39 is 5.91 Å². The van der Waals surface area contributed by atoms with E-state index in [1.54, 1.807) is 6.07 Å². The van der Waals surface area contributed by atoms with Gasteiger partial charge in [0.05, 0.1) is 12.7 Å². The van der Waals surface area contributed by atoms with E-state index in [9.17, 15) is 9.90 Å². The molecule has 0 aliphatic heterocycles. The molecule has 0 unspecified atom stereocenters. The molecule has 0 spiro atoms. The summed E-state index contributed by atoms with van der Waals surface area (Å²) < 4.78 is 4.96. The number of amidine groups is 1. The Morgan fingerprint density at radius 3 is 2.89 bits per heavy atom. The summed E-state index contributed by atoms with van der Waals surface area (Å²) in [5.41, 5.74) is 5.36. The Morgan fingerprint density at radius 2 is 2.28 bits per heavy atom. The number of methoxy groups -OCH3 is 1. The van der Waals surface area contributed by atoms with Gasteiger partial charge in [0.1, 0.15) is 17.3 Å². The number of ether oxygens (including phenoxy) is 1. The molecule has 0 saturated heterocycles. The Bertz CT molecular complexity index is 460. The molecule has 18 heavy (non-hydrogen) atoms. The van der Waals surface area contributed by atoms with Crippen molar-refractivity contribution in [2.75, 3.05) is 13.7 Å². The summed E-state index contributed by atoms with van der Waals surface area (Å²) in [4.78, 5) is 11.7. The quantitative estimate of drug-likeness (QED) is 0.260. The van der Waals surface area contributed by atoms with Gasteiger partial charge in [-0.3, -0.25) is 4.79 Å². The zero-order valence-corrected chi connectivity index (χ0v) is 9.88. The first kappa shape index (κ1) is 13.6. The van der Waals surface area contributed by atoms with Crippen molar-refractivity contribution >= 4 is 11.7 Å². The minimum atomic E-state index is -0.461. The van der Waals surface area contributed by atoms with E-state index >= 15 is 0 Å². The molecule has 0 atom stereocenters. The van der Waals surface area contributed by atoms with Crippen LogP contribution in [0.1, 0.15) is 16.8 Å². The maximum absolute atomic E-state index is 11.7. The van der Waals surface area contributed by atoms with Crippen LogP contribution in [0.25, 0.3) is 0 Å². The summed E-state index contributed by atoms with van der Waals surface area (Å²) in [5, 5.41) is 23.2. The Hall–Kier alpha value is -2.44. The average Bonchev–Trinajstić information content (AvgIpc) is 2.38. The van der Waals surface area contributed by atoms with Gasteiger partial charge >= 0.3 is 0 Å². The number of carbonyl (C=O) groups is 1. The van der Waals surface area contributed by atoms with Crippen molar-refractivity contribution in [2.45, 2.75) is 6.42 Å². The Labute approximate surface area is 104 Å². The predicted molar refractivity (Wildman–Crippen MR) is 65.0 cm³/mol. The van der Waals surface area contributed by atoms with Gasteiger partial charge in [-0.1, -0.05) is 5.16 Å². The molecule has 0 heterocycles. The van der Waals surface area contributed by atoms with Gasteiger partial charge in [-0.05, 0) is 18.2 Å². The molecule has 0 aromatic heterocycles. The second-order valence-electron chi connectivity index (χ2n) is 3.48. The molecule has 1 aromatic rings. The smallest absolute Gasteiger partial charge is 0.255 e. The van der Waals surface area contributed by atoms with Gasteiger partial charge in [-0.15, -0.1) is 0 Å². The van der Waals surface area contributed by atoms with Crippen molar-refractivity contribution < 1.29 is 19.8 Å². The number of aromatic hydroxyl groups is 1. The summed E-state index contributed by atoms with van der Waals surface area (Å²) in [6.45, 7) is 0.200. The van der Waals surface area contributed by atoms with Crippen molar-refractivity contribution in [3.63, 3.8) is 0 Å². The lowest BCUT2D eigenvalue weighted by molar-refractivity contribution is 0.0951. The van der Waals surface area contributed by atoms with Crippen molar-refractivity contribution in [1.29, 1.82) is 0 Å². The van der Waals surface area contributed by atoms with Crippen molar-refractivity contribution in [3.05, 3.63) is 23.8 Å². The van der Waals surface area contributed by atoms with Crippen molar-refractivity contribution in [2.24, 2.45) is 10.9 Å². The molecule has 0 fully saturated rings. The lowest BCUT2D eigenvalue weighted by Crippen LogP contribution is -2.28. The number of nitrogens with one attached hydrogen (secondary N) is 1. The number of hydrogen-bond donors (Lipinski definition) is 4. The van der Waals surface area contributed by atoms with E-state index in [-0.39, 0.29) is 30.1 Å². The fourth-order valence-electron chi connectivity index (χ4n) is 1.27. The van der Waals surface area contributed by atoms with Gasteiger partial charge in [0.15, 0.2) is 0 Å². The normalized spacial score (nSPS) is 11.1. The van der Waals surface area contributed by atoms with Crippen LogP contribution in [0.3, 0.4) is 0 Å². The molecular formula is C11H15N3O4. The van der Waals surface area contributed by atoms with Crippen LogP contribution in [0.5, 0.6) is 11.5 Å². The van der Waals surface area contributed by atoms with E-state index in [0.29, 0.717) is 5.75 Å². The number of hydrogen-bond acceptors (Lipinski definition) is 5. The first-order valence-electron chi connectivity index (χ1n) is 5.20. The van der Waals surface area contributed by atoms with Crippen LogP contribution in [-0.4, -0.2) is 35.7 Å². The van der Waals surface area contributed by atoms with Gasteiger partial charge in [-0.2, -0.15) is 0 Å². The largest absolute Gasteiger partial charge is 0.507 e. The molecule has 0 aliphatic carbocycles. The lowest BCUT2D eigenvalue weighted by Gasteiger charge is -2.08. The number of nitrogens with two attached hydrogens (primary N) is 1. The second kappa shape index (κ2) is 6.33. The molecule has 0 aliphatic rings. The fourth-order valence-corrected chi connectivity index (χ4v) is 1.27. The summed E-state index contributed by atoms with van der Waals surface area (Å²) in [7, 11) is 1.46. The summed E-state index contributed by atoms with van der Waals surface area (Å²) in [6.07, 6.45) is 0.215. The molecule has 7 nitrogen and oxygen atoms in total. The van der Waals surface area contributed by atoms with Gasteiger partial charge < -0.3 is 26.1 Å². The highest BCUT2D eigenvalue weighted by molar-refractivity contribution is 5.97. The third kappa shape index (κ3) is 3.55. The van der Waals surface area contributed by atoms with Crippen LogP contribution < -0.4 is 15.8 Å². The standard InChI is InChI=1S/C11H15N3O4/c1-18-7-2-3-9(15)8(6-7)11(16)13-5-4-10(12)14-17/h2-3,6,15,17H,4-5H2,1H3,(H2,12,14)(H,13,16). The number of phenolic OH excluding ortho intramolecular Hbond substituents is 1. The lowest BCUT2D eigenvalue weighted by atomic mass is 10.1. The first-order chi connectivity index (χ1) is 8.58. The summed E-state index contributed by atoms with van der Waals surface area (Å²) in [5.74, 6) is -0.117. The zero-order chi connectivity index (χ0) is 13.5. The molecule has 1 rings (SSSR count). The van der Waals surface area contributed by atoms with E-state index in [2.05, 4.69) is 10.5 Å². The summed E-state index contributed by atoms with van der Waals surface area (Å²) >= 11 is 0. The first-order valence-corrected chi connectivity index (χ1v) is 5.20. The highest BCUT2D eigenvalue weighted by atomic mass is 16.5. The number of benzene rings is 1. The molecular weight excluding hydrogens is 238 g/mol. The fraction of sp³-hybridized carbons (Fsp3) is 0.273. The van der Waals surface area contributed by atoms with Gasteiger partial charge in [0.25, 0.3) is 5.91 Å². The number of nitrogens with zero attached hydrogens (tertiary/aromatic N) is 1. The van der Waals surface area contributed by atoms with E-state index in [1.165, 1.54) is 19.2 Å². The van der Waals surface area contributed by atoms with Crippen molar-refractivity contribution in [1.82, 2.24) is 5.32 Å². The minimum Gasteiger partial charge on any atom is -0.507 e. The summed E-state index contributed by atoms with van der Waals surface area (Å²) in [6, 6.07) is 4.34. The number of rotatable bonds is 5. The van der Waals surface area contributed by atoms with Gasteiger partial charge in [-0.25, -0.2) is 0 Å². The molecule has 0 saturated carbocycles. The number of amides is 1. The SMILES string of the molecule is COc1ccc(O)c(C(=O)NCCC(N)=NO)c1. The van der Waals surface area contributed by atoms with Crippen LogP contribution in [0.2, 0.25) is 0 Å². The number of phenols is 1. The predicted octanol–water partition coefficient (Wildman–Crippen LogP) is 0.267.